The van der Waals surface area contributed by atoms with Crippen molar-refractivity contribution in [2.24, 2.45) is 5.92 Å². The number of aliphatic hydroxyl groups excluding tert-OH is 1. The van der Waals surface area contributed by atoms with Crippen LogP contribution in [0.2, 0.25) is 0 Å². The van der Waals surface area contributed by atoms with E-state index < -0.39 is 0 Å². The summed E-state index contributed by atoms with van der Waals surface area (Å²) in [5.41, 5.74) is 0. The smallest absolute Gasteiger partial charge is 0.309 e. The van der Waals surface area contributed by atoms with E-state index in [0.717, 1.165) is 32.1 Å². The minimum Gasteiger partial charge on any atom is -0.462 e. The molecule has 1 fully saturated rings. The van der Waals surface area contributed by atoms with Crippen molar-refractivity contribution in [3.05, 3.63) is 0 Å². The molecule has 0 bridgehead atoms. The standard InChI is InChI=1S/C10H18O3/c1-8-7-9(10(12)13-8)5-3-2-4-6-11/h8-9,11H,2-7H2,1H3. The van der Waals surface area contributed by atoms with Gasteiger partial charge in [-0.05, 0) is 26.2 Å². The van der Waals surface area contributed by atoms with E-state index in [4.69, 9.17) is 9.84 Å². The second-order valence-electron chi connectivity index (χ2n) is 3.75. The molecule has 2 unspecified atom stereocenters. The highest BCUT2D eigenvalue weighted by molar-refractivity contribution is 5.74. The molecule has 1 rings (SSSR count). The highest BCUT2D eigenvalue weighted by Crippen LogP contribution is 2.25. The van der Waals surface area contributed by atoms with Gasteiger partial charge < -0.3 is 9.84 Å². The van der Waals surface area contributed by atoms with Gasteiger partial charge in [0.05, 0.1) is 12.0 Å². The molecule has 1 aliphatic heterocycles. The number of cyclic esters (lactones) is 1. The van der Waals surface area contributed by atoms with Gasteiger partial charge in [0.15, 0.2) is 0 Å². The van der Waals surface area contributed by atoms with Gasteiger partial charge in [0.1, 0.15) is 0 Å². The summed E-state index contributed by atoms with van der Waals surface area (Å²) in [6, 6.07) is 0. The number of esters is 1. The van der Waals surface area contributed by atoms with Crippen molar-refractivity contribution in [2.45, 2.75) is 45.1 Å². The molecule has 13 heavy (non-hydrogen) atoms. The summed E-state index contributed by atoms with van der Waals surface area (Å²) in [5.74, 6) is 0.0881. The first-order valence-electron chi connectivity index (χ1n) is 5.05. The van der Waals surface area contributed by atoms with Crippen LogP contribution >= 0.6 is 0 Å². The number of rotatable bonds is 5. The second-order valence-corrected chi connectivity index (χ2v) is 3.75. The maximum atomic E-state index is 11.2. The molecular formula is C10H18O3. The SMILES string of the molecule is CC1CC(CCCCCO)C(=O)O1. The van der Waals surface area contributed by atoms with Crippen molar-refractivity contribution in [1.82, 2.24) is 0 Å². The van der Waals surface area contributed by atoms with Crippen LogP contribution in [0.5, 0.6) is 0 Å². The largest absolute Gasteiger partial charge is 0.462 e. The van der Waals surface area contributed by atoms with Crippen LogP contribution in [0, 0.1) is 5.92 Å². The summed E-state index contributed by atoms with van der Waals surface area (Å²) >= 11 is 0. The van der Waals surface area contributed by atoms with Gasteiger partial charge in [-0.2, -0.15) is 0 Å². The van der Waals surface area contributed by atoms with Gasteiger partial charge in [0, 0.05) is 6.61 Å². The topological polar surface area (TPSA) is 46.5 Å². The number of ether oxygens (including phenoxy) is 1. The predicted octanol–water partition coefficient (Wildman–Crippen LogP) is 1.49. The molecule has 1 N–H and O–H groups in total. The fourth-order valence-electron chi connectivity index (χ4n) is 1.75. The monoisotopic (exact) mass is 186 g/mol. The van der Waals surface area contributed by atoms with E-state index >= 15 is 0 Å². The Morgan fingerprint density at radius 2 is 2.23 bits per heavy atom. The van der Waals surface area contributed by atoms with Gasteiger partial charge in [-0.1, -0.05) is 12.8 Å². The summed E-state index contributed by atoms with van der Waals surface area (Å²) in [7, 11) is 0. The lowest BCUT2D eigenvalue weighted by molar-refractivity contribution is -0.143. The molecule has 2 atom stereocenters. The van der Waals surface area contributed by atoms with E-state index in [2.05, 4.69) is 0 Å². The summed E-state index contributed by atoms with van der Waals surface area (Å²) in [4.78, 5) is 11.2. The first-order valence-corrected chi connectivity index (χ1v) is 5.05. The van der Waals surface area contributed by atoms with Gasteiger partial charge in [-0.25, -0.2) is 0 Å². The Kier molecular flexibility index (Phi) is 4.22. The van der Waals surface area contributed by atoms with E-state index in [1.54, 1.807) is 0 Å². The Balaban J connectivity index is 2.11. The molecule has 1 saturated heterocycles. The maximum absolute atomic E-state index is 11.2. The molecule has 0 aromatic heterocycles. The summed E-state index contributed by atoms with van der Waals surface area (Å²) in [6.45, 7) is 2.19. The minimum absolute atomic E-state index is 0.0310. The Morgan fingerprint density at radius 1 is 1.46 bits per heavy atom. The number of carbonyl (C=O) groups is 1. The van der Waals surface area contributed by atoms with Crippen LogP contribution in [0.1, 0.15) is 39.0 Å². The Bertz CT molecular complexity index is 168. The Hall–Kier alpha value is -0.570. The molecule has 3 heteroatoms. The van der Waals surface area contributed by atoms with Crippen LogP contribution in [0.25, 0.3) is 0 Å². The maximum Gasteiger partial charge on any atom is 0.309 e. The lowest BCUT2D eigenvalue weighted by Crippen LogP contribution is -2.07. The van der Waals surface area contributed by atoms with Crippen LogP contribution in [0.15, 0.2) is 0 Å². The molecule has 3 nitrogen and oxygen atoms in total. The molecule has 76 valence electrons. The third-order valence-electron chi connectivity index (χ3n) is 2.48. The average Bonchev–Trinajstić information content (AvgIpc) is 2.39. The number of carbonyl (C=O) groups excluding carboxylic acids is 1. The molecule has 1 aliphatic rings. The first kappa shape index (κ1) is 10.5. The lowest BCUT2D eigenvalue weighted by Gasteiger charge is -2.03. The van der Waals surface area contributed by atoms with Gasteiger partial charge in [0.25, 0.3) is 0 Å². The van der Waals surface area contributed by atoms with E-state index in [1.165, 1.54) is 0 Å². The number of aliphatic hydroxyl groups is 1. The zero-order chi connectivity index (χ0) is 9.68. The Morgan fingerprint density at radius 3 is 2.77 bits per heavy atom. The van der Waals surface area contributed by atoms with Gasteiger partial charge in [-0.3, -0.25) is 4.79 Å². The normalized spacial score (nSPS) is 27.7. The summed E-state index contributed by atoms with van der Waals surface area (Å²) in [5, 5.41) is 8.56. The van der Waals surface area contributed by atoms with Crippen LogP contribution in [0.4, 0.5) is 0 Å². The van der Waals surface area contributed by atoms with Crippen molar-refractivity contribution >= 4 is 5.97 Å². The number of hydrogen-bond donors (Lipinski definition) is 1. The zero-order valence-corrected chi connectivity index (χ0v) is 8.16. The van der Waals surface area contributed by atoms with Crippen LogP contribution in [0.3, 0.4) is 0 Å². The van der Waals surface area contributed by atoms with Crippen molar-refractivity contribution in [1.29, 1.82) is 0 Å². The molecule has 0 radical (unpaired) electrons. The number of unbranched alkanes of at least 4 members (excludes halogenated alkanes) is 2. The molecule has 0 aromatic rings. The minimum atomic E-state index is -0.0310. The molecule has 0 spiro atoms. The van der Waals surface area contributed by atoms with E-state index in [0.29, 0.717) is 0 Å². The van der Waals surface area contributed by atoms with Crippen LogP contribution in [-0.4, -0.2) is 23.8 Å². The van der Waals surface area contributed by atoms with Crippen molar-refractivity contribution < 1.29 is 14.6 Å². The highest BCUT2D eigenvalue weighted by atomic mass is 16.5. The van der Waals surface area contributed by atoms with E-state index in [9.17, 15) is 4.79 Å². The molecule has 0 aromatic carbocycles. The fraction of sp³-hybridized carbons (Fsp3) is 0.900. The number of hydrogen-bond acceptors (Lipinski definition) is 3. The van der Waals surface area contributed by atoms with Crippen LogP contribution < -0.4 is 0 Å². The fourth-order valence-corrected chi connectivity index (χ4v) is 1.75. The zero-order valence-electron chi connectivity index (χ0n) is 8.16. The van der Waals surface area contributed by atoms with E-state index in [-0.39, 0.29) is 24.6 Å². The first-order chi connectivity index (χ1) is 6.24. The second kappa shape index (κ2) is 5.22. The summed E-state index contributed by atoms with van der Waals surface area (Å²) in [6.07, 6.45) is 4.77. The predicted molar refractivity (Wildman–Crippen MR) is 49.2 cm³/mol. The third kappa shape index (κ3) is 3.35. The highest BCUT2D eigenvalue weighted by Gasteiger charge is 2.30. The Labute approximate surface area is 79.1 Å². The lowest BCUT2D eigenvalue weighted by atomic mass is 9.98. The molecule has 0 amide bonds. The average molecular weight is 186 g/mol. The van der Waals surface area contributed by atoms with Gasteiger partial charge in [0.2, 0.25) is 0 Å². The molecule has 0 saturated carbocycles. The van der Waals surface area contributed by atoms with Gasteiger partial charge in [-0.15, -0.1) is 0 Å². The quantitative estimate of drug-likeness (QED) is 0.522. The van der Waals surface area contributed by atoms with Gasteiger partial charge >= 0.3 is 5.97 Å². The van der Waals surface area contributed by atoms with Crippen molar-refractivity contribution in [3.63, 3.8) is 0 Å². The third-order valence-corrected chi connectivity index (χ3v) is 2.48. The molecule has 1 heterocycles. The summed E-state index contributed by atoms with van der Waals surface area (Å²) < 4.78 is 5.04. The van der Waals surface area contributed by atoms with Crippen LogP contribution in [-0.2, 0) is 9.53 Å². The van der Waals surface area contributed by atoms with Crippen molar-refractivity contribution in [3.8, 4) is 0 Å². The van der Waals surface area contributed by atoms with Crippen molar-refractivity contribution in [2.75, 3.05) is 6.61 Å². The molecule has 0 aliphatic carbocycles. The molecular weight excluding hydrogens is 168 g/mol. The van der Waals surface area contributed by atoms with E-state index in [1.807, 2.05) is 6.92 Å².